The van der Waals surface area contributed by atoms with Crippen LogP contribution in [0.3, 0.4) is 0 Å². The summed E-state index contributed by atoms with van der Waals surface area (Å²) < 4.78 is 48.1. The first-order valence-corrected chi connectivity index (χ1v) is 10.0. The molecule has 1 aliphatic heterocycles. The van der Waals surface area contributed by atoms with Crippen molar-refractivity contribution in [2.24, 2.45) is 7.05 Å². The van der Waals surface area contributed by atoms with Crippen LogP contribution >= 0.6 is 0 Å². The van der Waals surface area contributed by atoms with Crippen LogP contribution in [0, 0.1) is 0 Å². The lowest BCUT2D eigenvalue weighted by Crippen LogP contribution is -2.52. The predicted molar refractivity (Wildman–Crippen MR) is 112 cm³/mol. The van der Waals surface area contributed by atoms with Gasteiger partial charge in [0.2, 0.25) is 0 Å². The van der Waals surface area contributed by atoms with Gasteiger partial charge in [-0.1, -0.05) is 0 Å². The predicted octanol–water partition coefficient (Wildman–Crippen LogP) is 1.77. The molecule has 0 radical (unpaired) electrons. The Hall–Kier alpha value is -3.94. The fourth-order valence-corrected chi connectivity index (χ4v) is 3.77. The average molecular weight is 479 g/mol. The lowest BCUT2D eigenvalue weighted by molar-refractivity contribution is -0.274. The first-order valence-electron chi connectivity index (χ1n) is 10.0. The number of hydrogen-bond donors (Lipinski definition) is 2. The molecule has 0 bridgehead atoms. The molecule has 3 aromatic heterocycles. The number of morpholine rings is 1. The quantitative estimate of drug-likeness (QED) is 0.543. The molecular formula is C20H20F3N7O4. The number of aromatic nitrogens is 4. The Labute approximate surface area is 190 Å². The first-order chi connectivity index (χ1) is 16.0. The highest BCUT2D eigenvalue weighted by Gasteiger charge is 2.38. The molecule has 180 valence electrons. The highest BCUT2D eigenvalue weighted by molar-refractivity contribution is 6.40. The van der Waals surface area contributed by atoms with E-state index in [1.54, 1.807) is 14.0 Å². The number of aryl methyl sites for hydroxylation is 1. The van der Waals surface area contributed by atoms with Crippen molar-refractivity contribution in [3.05, 3.63) is 36.4 Å². The molecule has 2 unspecified atom stereocenters. The van der Waals surface area contributed by atoms with Crippen molar-refractivity contribution in [2.45, 2.75) is 25.4 Å². The largest absolute Gasteiger partial charge is 0.573 e. The smallest absolute Gasteiger partial charge is 0.404 e. The fourth-order valence-electron chi connectivity index (χ4n) is 3.77. The zero-order valence-electron chi connectivity index (χ0n) is 18.0. The number of carbonyl (C=O) groups excluding carboxylic acids is 2. The number of carbonyl (C=O) groups is 2. The summed E-state index contributed by atoms with van der Waals surface area (Å²) in [5, 5.41) is 7.14. The van der Waals surface area contributed by atoms with E-state index in [0.29, 0.717) is 10.9 Å². The minimum Gasteiger partial charge on any atom is -0.404 e. The number of nitrogens with two attached hydrogens (primary N) is 1. The summed E-state index contributed by atoms with van der Waals surface area (Å²) in [6, 6.07) is 1.06. The second-order valence-corrected chi connectivity index (χ2v) is 7.62. The van der Waals surface area contributed by atoms with Gasteiger partial charge >= 0.3 is 18.2 Å². The normalized spacial score (nSPS) is 18.7. The topological polar surface area (TPSA) is 137 Å². The molecule has 0 spiro atoms. The van der Waals surface area contributed by atoms with Crippen molar-refractivity contribution in [1.82, 2.24) is 24.6 Å². The van der Waals surface area contributed by atoms with Gasteiger partial charge in [0.25, 0.3) is 0 Å². The van der Waals surface area contributed by atoms with Crippen LogP contribution in [-0.4, -0.2) is 62.1 Å². The molecule has 1 aliphatic rings. The van der Waals surface area contributed by atoms with Gasteiger partial charge in [-0.2, -0.15) is 5.10 Å². The van der Waals surface area contributed by atoms with Crippen molar-refractivity contribution in [3.63, 3.8) is 0 Å². The first kappa shape index (κ1) is 23.2. The van der Waals surface area contributed by atoms with Crippen LogP contribution < -0.4 is 15.8 Å². The Balaban J connectivity index is 1.57. The van der Waals surface area contributed by atoms with E-state index in [4.69, 9.17) is 10.5 Å². The maximum Gasteiger partial charge on any atom is 0.573 e. The number of fused-ring (bicyclic) bond motifs is 1. The van der Waals surface area contributed by atoms with Gasteiger partial charge in [0.05, 0.1) is 55.3 Å². The van der Waals surface area contributed by atoms with E-state index in [1.807, 2.05) is 0 Å². The molecular weight excluding hydrogens is 459 g/mol. The molecule has 34 heavy (non-hydrogen) atoms. The maximum absolute atomic E-state index is 13.2. The van der Waals surface area contributed by atoms with Crippen LogP contribution in [0.1, 0.15) is 18.7 Å². The number of pyridine rings is 2. The Morgan fingerprint density at radius 2 is 1.97 bits per heavy atom. The number of hydrogen-bond acceptors (Lipinski definition) is 8. The van der Waals surface area contributed by atoms with Gasteiger partial charge in [-0.15, -0.1) is 13.2 Å². The number of rotatable bonds is 3. The van der Waals surface area contributed by atoms with Crippen LogP contribution in [0.5, 0.6) is 5.75 Å². The molecule has 2 amide bonds. The summed E-state index contributed by atoms with van der Waals surface area (Å²) in [5.74, 6) is -2.10. The maximum atomic E-state index is 13.2. The van der Waals surface area contributed by atoms with E-state index in [0.717, 1.165) is 12.3 Å². The second-order valence-electron chi connectivity index (χ2n) is 7.62. The molecule has 3 N–H and O–H groups in total. The number of halogens is 3. The number of nitrogens with one attached hydrogen (secondary N) is 1. The third kappa shape index (κ3) is 4.57. The Bertz CT molecular complexity index is 1230. The molecule has 4 heterocycles. The van der Waals surface area contributed by atoms with E-state index in [-0.39, 0.29) is 30.4 Å². The summed E-state index contributed by atoms with van der Waals surface area (Å²) >= 11 is 0. The third-order valence-electron chi connectivity index (χ3n) is 5.26. The van der Waals surface area contributed by atoms with E-state index in [9.17, 15) is 22.8 Å². The van der Waals surface area contributed by atoms with Crippen molar-refractivity contribution in [1.29, 1.82) is 0 Å². The van der Waals surface area contributed by atoms with E-state index in [1.165, 1.54) is 28.0 Å². The molecule has 1 fully saturated rings. The summed E-state index contributed by atoms with van der Waals surface area (Å²) in [7, 11) is 1.66. The van der Waals surface area contributed by atoms with E-state index < -0.39 is 36.0 Å². The third-order valence-corrected chi connectivity index (χ3v) is 5.26. The molecule has 1 saturated heterocycles. The number of ether oxygens (including phenoxy) is 2. The van der Waals surface area contributed by atoms with Crippen LogP contribution in [0.4, 0.5) is 24.7 Å². The summed E-state index contributed by atoms with van der Waals surface area (Å²) in [6.45, 7) is 1.86. The van der Waals surface area contributed by atoms with Gasteiger partial charge in [0.15, 0.2) is 0 Å². The molecule has 2 atom stereocenters. The van der Waals surface area contributed by atoms with Gasteiger partial charge in [-0.3, -0.25) is 19.3 Å². The molecule has 4 rings (SSSR count). The zero-order valence-corrected chi connectivity index (χ0v) is 18.0. The summed E-state index contributed by atoms with van der Waals surface area (Å²) in [5.41, 5.74) is 6.86. The van der Waals surface area contributed by atoms with Crippen LogP contribution in [0.25, 0.3) is 10.9 Å². The highest BCUT2D eigenvalue weighted by atomic mass is 19.4. The van der Waals surface area contributed by atoms with Crippen LogP contribution in [0.2, 0.25) is 0 Å². The molecule has 11 nitrogen and oxygen atoms in total. The minimum absolute atomic E-state index is 0.00606. The number of anilines is 2. The van der Waals surface area contributed by atoms with Crippen molar-refractivity contribution < 1.29 is 32.2 Å². The minimum atomic E-state index is -4.86. The number of nitrogen functional groups attached to an aromatic ring is 1. The van der Waals surface area contributed by atoms with E-state index >= 15 is 0 Å². The van der Waals surface area contributed by atoms with Gasteiger partial charge in [-0.25, -0.2) is 4.98 Å². The standard InChI is InChI=1S/C20H20F3N7O4/c1-10-8-33-9-15(13-4-3-11(5-25-13)34-20(21,22)23)30(10)19(32)18(31)28-14-7-26-17(24)16-12(14)6-27-29(16)2/h3-7,10,15H,8-9H2,1-2H3,(H2,24,26)(H,28,31). The molecule has 14 heteroatoms. The summed E-state index contributed by atoms with van der Waals surface area (Å²) in [4.78, 5) is 35.3. The molecule has 3 aromatic rings. The molecule has 0 aliphatic carbocycles. The zero-order chi connectivity index (χ0) is 24.6. The average Bonchev–Trinajstić information content (AvgIpc) is 3.17. The highest BCUT2D eigenvalue weighted by Crippen LogP contribution is 2.30. The monoisotopic (exact) mass is 479 g/mol. The summed E-state index contributed by atoms with van der Waals surface area (Å²) in [6.07, 6.45) is -1.15. The van der Waals surface area contributed by atoms with Crippen molar-refractivity contribution in [3.8, 4) is 5.75 Å². The van der Waals surface area contributed by atoms with Crippen molar-refractivity contribution >= 4 is 34.2 Å². The fraction of sp³-hybridized carbons (Fsp3) is 0.350. The van der Waals surface area contributed by atoms with Gasteiger partial charge in [-0.05, 0) is 19.1 Å². The van der Waals surface area contributed by atoms with Crippen LogP contribution in [0.15, 0.2) is 30.7 Å². The lowest BCUT2D eigenvalue weighted by Gasteiger charge is -2.39. The van der Waals surface area contributed by atoms with Gasteiger partial charge in [0, 0.05) is 12.4 Å². The van der Waals surface area contributed by atoms with Gasteiger partial charge in [0.1, 0.15) is 17.1 Å². The Kier molecular flexibility index (Phi) is 6.00. The van der Waals surface area contributed by atoms with Crippen LogP contribution in [-0.2, 0) is 21.4 Å². The SMILES string of the molecule is CC1COCC(c2ccc(OC(F)(F)F)cn2)N1C(=O)C(=O)Nc1cnc(N)c2c1cnn2C. The molecule has 0 aromatic carbocycles. The lowest BCUT2D eigenvalue weighted by atomic mass is 10.1. The van der Waals surface area contributed by atoms with Crippen molar-refractivity contribution in [2.75, 3.05) is 24.3 Å². The number of amides is 2. The Morgan fingerprint density at radius 3 is 2.65 bits per heavy atom. The second kappa shape index (κ2) is 8.78. The Morgan fingerprint density at radius 1 is 1.21 bits per heavy atom. The molecule has 0 saturated carbocycles. The van der Waals surface area contributed by atoms with E-state index in [2.05, 4.69) is 25.1 Å². The number of alkyl halides is 3. The number of nitrogens with zero attached hydrogens (tertiary/aromatic N) is 5. The van der Waals surface area contributed by atoms with Gasteiger partial charge < -0.3 is 25.4 Å².